The molecule has 0 aliphatic heterocycles. The summed E-state index contributed by atoms with van der Waals surface area (Å²) in [4.78, 5) is 12.7. The van der Waals surface area contributed by atoms with Crippen molar-refractivity contribution in [2.45, 2.75) is 38.1 Å². The highest BCUT2D eigenvalue weighted by Crippen LogP contribution is 2.31. The van der Waals surface area contributed by atoms with Gasteiger partial charge in [-0.2, -0.15) is 0 Å². The number of nitrogens with zero attached hydrogens (tertiary/aromatic N) is 3. The second-order valence-corrected chi connectivity index (χ2v) is 8.59. The second kappa shape index (κ2) is 11.6. The Kier molecular flexibility index (Phi) is 8.64. The lowest BCUT2D eigenvalue weighted by atomic mass is 10.2. The van der Waals surface area contributed by atoms with Crippen molar-refractivity contribution in [3.05, 3.63) is 48.3 Å². The first kappa shape index (κ1) is 25.2. The molecule has 3 rings (SSSR count). The molecule has 0 aliphatic rings. The number of nitrogens with one attached hydrogen (secondary N) is 1. The van der Waals surface area contributed by atoms with Crippen molar-refractivity contribution >= 4 is 23.4 Å². The molecule has 3 aromatic rings. The minimum absolute atomic E-state index is 0.0744. The van der Waals surface area contributed by atoms with Crippen molar-refractivity contribution in [3.63, 3.8) is 0 Å². The third-order valence-corrected chi connectivity index (χ3v) is 5.88. The van der Waals surface area contributed by atoms with E-state index in [2.05, 4.69) is 15.5 Å². The molecule has 2 aromatic carbocycles. The predicted molar refractivity (Wildman–Crippen MR) is 131 cm³/mol. The van der Waals surface area contributed by atoms with Gasteiger partial charge in [0.25, 0.3) is 0 Å². The van der Waals surface area contributed by atoms with E-state index in [9.17, 15) is 4.79 Å². The number of carbonyl (C=O) groups excluding carboxylic acids is 1. The van der Waals surface area contributed by atoms with Gasteiger partial charge in [0.05, 0.1) is 32.8 Å². The minimum atomic E-state index is -0.355. The average molecular weight is 487 g/mol. The molecule has 0 saturated carbocycles. The van der Waals surface area contributed by atoms with Crippen LogP contribution in [0, 0.1) is 0 Å². The van der Waals surface area contributed by atoms with Gasteiger partial charge in [-0.25, -0.2) is 0 Å². The maximum atomic E-state index is 12.7. The Labute approximate surface area is 203 Å². The fraction of sp³-hybridized carbons (Fsp3) is 0.375. The molecule has 182 valence electrons. The molecular formula is C24H30N4O5S. The zero-order valence-corrected chi connectivity index (χ0v) is 21.0. The van der Waals surface area contributed by atoms with Crippen molar-refractivity contribution in [1.82, 2.24) is 14.8 Å². The summed E-state index contributed by atoms with van der Waals surface area (Å²) < 4.78 is 23.9. The maximum absolute atomic E-state index is 12.7. The van der Waals surface area contributed by atoms with Crippen LogP contribution in [0.4, 0.5) is 5.69 Å². The minimum Gasteiger partial charge on any atom is -0.497 e. The van der Waals surface area contributed by atoms with E-state index in [0.717, 1.165) is 0 Å². The lowest BCUT2D eigenvalue weighted by Gasteiger charge is -2.19. The lowest BCUT2D eigenvalue weighted by molar-refractivity contribution is -0.113. The van der Waals surface area contributed by atoms with Crippen molar-refractivity contribution in [2.75, 3.05) is 32.4 Å². The third kappa shape index (κ3) is 6.13. The molecule has 1 amide bonds. The van der Waals surface area contributed by atoms with Crippen molar-refractivity contribution < 1.29 is 23.7 Å². The van der Waals surface area contributed by atoms with Gasteiger partial charge in [0, 0.05) is 18.2 Å². The van der Waals surface area contributed by atoms with E-state index in [-0.39, 0.29) is 23.8 Å². The highest BCUT2D eigenvalue weighted by Gasteiger charge is 2.22. The van der Waals surface area contributed by atoms with Crippen LogP contribution in [0.5, 0.6) is 23.0 Å². The number of thioether (sulfide) groups is 1. The number of carbonyl (C=O) groups is 1. The quantitative estimate of drug-likeness (QED) is 0.388. The Balaban J connectivity index is 1.70. The Morgan fingerprint density at radius 1 is 0.971 bits per heavy atom. The zero-order chi connectivity index (χ0) is 24.7. The Hall–Kier alpha value is -3.40. The lowest BCUT2D eigenvalue weighted by Crippen LogP contribution is -2.17. The van der Waals surface area contributed by atoms with Crippen molar-refractivity contribution in [3.8, 4) is 23.0 Å². The van der Waals surface area contributed by atoms with E-state index in [1.807, 2.05) is 49.6 Å². The van der Waals surface area contributed by atoms with Crippen LogP contribution in [0.2, 0.25) is 0 Å². The van der Waals surface area contributed by atoms with E-state index >= 15 is 0 Å². The largest absolute Gasteiger partial charge is 0.497 e. The van der Waals surface area contributed by atoms with Gasteiger partial charge >= 0.3 is 0 Å². The number of rotatable bonds is 11. The number of ether oxygens (including phenoxy) is 4. The van der Waals surface area contributed by atoms with Crippen molar-refractivity contribution in [1.29, 1.82) is 0 Å². The van der Waals surface area contributed by atoms with Crippen LogP contribution in [-0.2, 0) is 4.79 Å². The Morgan fingerprint density at radius 2 is 1.68 bits per heavy atom. The number of anilines is 1. The molecule has 1 unspecified atom stereocenters. The van der Waals surface area contributed by atoms with Gasteiger partial charge in [-0.15, -0.1) is 10.2 Å². The van der Waals surface area contributed by atoms with Gasteiger partial charge in [-0.3, -0.25) is 4.79 Å². The fourth-order valence-electron chi connectivity index (χ4n) is 3.31. The summed E-state index contributed by atoms with van der Waals surface area (Å²) >= 11 is 1.31. The van der Waals surface area contributed by atoms with Gasteiger partial charge < -0.3 is 28.8 Å². The van der Waals surface area contributed by atoms with Crippen molar-refractivity contribution in [2.24, 2.45) is 0 Å². The first-order chi connectivity index (χ1) is 16.4. The average Bonchev–Trinajstić information content (AvgIpc) is 3.27. The summed E-state index contributed by atoms with van der Waals surface area (Å²) in [7, 11) is 4.73. The smallest absolute Gasteiger partial charge is 0.234 e. The number of hydrogen-bond donors (Lipinski definition) is 1. The van der Waals surface area contributed by atoms with Crippen LogP contribution in [0.25, 0.3) is 0 Å². The maximum Gasteiger partial charge on any atom is 0.234 e. The Bertz CT molecular complexity index is 1120. The molecule has 1 aromatic heterocycles. The van der Waals surface area contributed by atoms with Gasteiger partial charge in [0.1, 0.15) is 23.0 Å². The van der Waals surface area contributed by atoms with Crippen LogP contribution in [-0.4, -0.2) is 47.8 Å². The highest BCUT2D eigenvalue weighted by atomic mass is 32.2. The summed E-state index contributed by atoms with van der Waals surface area (Å²) in [5, 5.41) is 12.2. The topological polar surface area (TPSA) is 96.7 Å². The van der Waals surface area contributed by atoms with Crippen LogP contribution in [0.1, 0.15) is 38.7 Å². The van der Waals surface area contributed by atoms with Gasteiger partial charge in [-0.1, -0.05) is 17.8 Å². The molecule has 0 fully saturated rings. The number of methoxy groups -OCH3 is 3. The fourth-order valence-corrected chi connectivity index (χ4v) is 4.18. The number of aromatic nitrogens is 3. The summed E-state index contributed by atoms with van der Waals surface area (Å²) in [6.07, 6.45) is -0.355. The summed E-state index contributed by atoms with van der Waals surface area (Å²) in [5.41, 5.74) is 0.541. The monoisotopic (exact) mass is 486 g/mol. The molecule has 10 heteroatoms. The van der Waals surface area contributed by atoms with Gasteiger partial charge in [0.2, 0.25) is 5.91 Å². The van der Waals surface area contributed by atoms with E-state index in [4.69, 9.17) is 18.9 Å². The molecule has 1 N–H and O–H groups in total. The zero-order valence-electron chi connectivity index (χ0n) is 20.2. The van der Waals surface area contributed by atoms with Crippen LogP contribution < -0.4 is 24.3 Å². The molecule has 0 radical (unpaired) electrons. The summed E-state index contributed by atoms with van der Waals surface area (Å²) in [5.74, 6) is 3.19. The van der Waals surface area contributed by atoms with Gasteiger partial charge in [-0.05, 0) is 45.0 Å². The van der Waals surface area contributed by atoms with E-state index < -0.39 is 0 Å². The normalized spacial score (nSPS) is 11.7. The molecular weight excluding hydrogens is 456 g/mol. The Morgan fingerprint density at radius 3 is 2.35 bits per heavy atom. The number of benzene rings is 2. The second-order valence-electron chi connectivity index (χ2n) is 7.65. The molecule has 9 nitrogen and oxygen atoms in total. The molecule has 1 atom stereocenters. The molecule has 0 bridgehead atoms. The van der Waals surface area contributed by atoms with Gasteiger partial charge in [0.15, 0.2) is 17.1 Å². The molecule has 0 spiro atoms. The van der Waals surface area contributed by atoms with E-state index in [1.54, 1.807) is 39.5 Å². The summed E-state index contributed by atoms with van der Waals surface area (Å²) in [6, 6.07) is 12.7. The summed E-state index contributed by atoms with van der Waals surface area (Å²) in [6.45, 7) is 5.99. The first-order valence-electron chi connectivity index (χ1n) is 10.8. The molecule has 34 heavy (non-hydrogen) atoms. The predicted octanol–water partition coefficient (Wildman–Crippen LogP) is 4.76. The SMILES string of the molecule is COc1cccc(OC(C)c2nnc(SCC(=O)Nc3cc(OC)ccc3OC)n2C(C)C)c1. The van der Waals surface area contributed by atoms with Crippen LogP contribution >= 0.6 is 11.8 Å². The highest BCUT2D eigenvalue weighted by molar-refractivity contribution is 7.99. The van der Waals surface area contributed by atoms with E-state index in [1.165, 1.54) is 11.8 Å². The number of amides is 1. The van der Waals surface area contributed by atoms with E-state index in [0.29, 0.717) is 39.7 Å². The third-order valence-electron chi connectivity index (χ3n) is 4.94. The standard InChI is InChI=1S/C24H30N4O5S/c1-15(2)28-23(16(3)33-19-9-7-8-17(12-19)30-4)26-27-24(28)34-14-22(29)25-20-13-18(31-5)10-11-21(20)32-6/h7-13,15-16H,14H2,1-6H3,(H,25,29). The molecule has 0 aliphatic carbocycles. The number of hydrogen-bond acceptors (Lipinski definition) is 8. The van der Waals surface area contributed by atoms with Crippen LogP contribution in [0.3, 0.4) is 0 Å². The first-order valence-corrected chi connectivity index (χ1v) is 11.7. The van der Waals surface area contributed by atoms with Crippen LogP contribution in [0.15, 0.2) is 47.6 Å². The molecule has 1 heterocycles. The molecule has 0 saturated heterocycles.